The van der Waals surface area contributed by atoms with Crippen LogP contribution in [0.5, 0.6) is 0 Å². The molecular weight excluding hydrogens is 368 g/mol. The van der Waals surface area contributed by atoms with Crippen LogP contribution < -0.4 is 5.32 Å². The maximum atomic E-state index is 13.3. The molecule has 0 saturated carbocycles. The summed E-state index contributed by atoms with van der Waals surface area (Å²) in [7, 11) is 0. The third-order valence-electron chi connectivity index (χ3n) is 6.64. The first kappa shape index (κ1) is 19.9. The van der Waals surface area contributed by atoms with E-state index in [1.54, 1.807) is 17.0 Å². The van der Waals surface area contributed by atoms with Crippen LogP contribution in [0.2, 0.25) is 0 Å². The Morgan fingerprint density at radius 2 is 1.79 bits per heavy atom. The molecule has 4 rings (SSSR count). The fourth-order valence-electron chi connectivity index (χ4n) is 4.83. The van der Waals surface area contributed by atoms with Crippen molar-refractivity contribution in [1.82, 2.24) is 20.0 Å². The number of benzene rings is 1. The van der Waals surface area contributed by atoms with E-state index in [-0.39, 0.29) is 23.9 Å². The first-order chi connectivity index (χ1) is 13.9. The molecule has 1 atom stereocenters. The number of nitrogens with one attached hydrogen (secondary N) is 1. The molecule has 3 aliphatic rings. The van der Waals surface area contributed by atoms with Crippen molar-refractivity contribution < 1.29 is 14.4 Å². The van der Waals surface area contributed by atoms with E-state index < -0.39 is 5.54 Å². The number of amides is 4. The number of hydrogen-bond donors (Lipinski definition) is 1. The number of carbonyl (C=O) groups excluding carboxylic acids is 3. The Morgan fingerprint density at radius 3 is 2.45 bits per heavy atom. The zero-order valence-corrected chi connectivity index (χ0v) is 17.3. The van der Waals surface area contributed by atoms with Crippen LogP contribution in [0, 0.1) is 0 Å². The summed E-state index contributed by atoms with van der Waals surface area (Å²) in [5, 5.41) is 2.99. The standard InChI is InChI=1S/C22H30N4O3/c1-16(2)25-12-6-9-18(15-25)26-20(28)22(23-21(26)29)10-13-24(14-11-22)19(27)17-7-4-3-5-8-17/h3-5,7-8,16,18H,6,9-15H2,1-2H3,(H,23,29). The van der Waals surface area contributed by atoms with Crippen molar-refractivity contribution >= 4 is 17.8 Å². The molecule has 7 nitrogen and oxygen atoms in total. The normalized spacial score (nSPS) is 25.0. The van der Waals surface area contributed by atoms with Gasteiger partial charge in [-0.15, -0.1) is 0 Å². The van der Waals surface area contributed by atoms with Gasteiger partial charge in [0, 0.05) is 31.2 Å². The van der Waals surface area contributed by atoms with Crippen LogP contribution in [0.4, 0.5) is 4.79 Å². The Kier molecular flexibility index (Phi) is 5.34. The minimum absolute atomic E-state index is 0.0195. The van der Waals surface area contributed by atoms with Gasteiger partial charge in [0.1, 0.15) is 5.54 Å². The Labute approximate surface area is 172 Å². The van der Waals surface area contributed by atoms with Gasteiger partial charge in [0.2, 0.25) is 0 Å². The van der Waals surface area contributed by atoms with Crippen molar-refractivity contribution in [3.8, 4) is 0 Å². The number of likely N-dealkylation sites (tertiary alicyclic amines) is 2. The second kappa shape index (κ2) is 7.78. The Hall–Kier alpha value is -2.41. The second-order valence-corrected chi connectivity index (χ2v) is 8.73. The lowest BCUT2D eigenvalue weighted by atomic mass is 9.86. The van der Waals surface area contributed by atoms with Gasteiger partial charge >= 0.3 is 6.03 Å². The molecule has 4 amide bonds. The highest BCUT2D eigenvalue weighted by atomic mass is 16.2. The molecule has 0 aliphatic carbocycles. The van der Waals surface area contributed by atoms with Gasteiger partial charge < -0.3 is 10.2 Å². The number of urea groups is 1. The number of hydrogen-bond acceptors (Lipinski definition) is 4. The van der Waals surface area contributed by atoms with Crippen LogP contribution in [0.15, 0.2) is 30.3 Å². The summed E-state index contributed by atoms with van der Waals surface area (Å²) in [6.07, 6.45) is 2.78. The zero-order chi connectivity index (χ0) is 20.6. The molecule has 1 aromatic rings. The van der Waals surface area contributed by atoms with E-state index in [1.165, 1.54) is 4.90 Å². The first-order valence-electron chi connectivity index (χ1n) is 10.7. The molecule has 1 unspecified atom stereocenters. The van der Waals surface area contributed by atoms with Crippen LogP contribution in [-0.2, 0) is 4.79 Å². The fraction of sp³-hybridized carbons (Fsp3) is 0.591. The molecule has 3 fully saturated rings. The molecule has 1 N–H and O–H groups in total. The van der Waals surface area contributed by atoms with E-state index in [4.69, 9.17) is 0 Å². The molecule has 0 aromatic heterocycles. The van der Waals surface area contributed by atoms with Gasteiger partial charge in [0.25, 0.3) is 11.8 Å². The zero-order valence-electron chi connectivity index (χ0n) is 17.3. The highest BCUT2D eigenvalue weighted by Crippen LogP contribution is 2.33. The quantitative estimate of drug-likeness (QED) is 0.792. The van der Waals surface area contributed by atoms with E-state index in [2.05, 4.69) is 24.1 Å². The van der Waals surface area contributed by atoms with Gasteiger partial charge in [0.05, 0.1) is 6.04 Å². The van der Waals surface area contributed by atoms with Crippen molar-refractivity contribution in [2.24, 2.45) is 0 Å². The molecule has 1 aromatic carbocycles. The lowest BCUT2D eigenvalue weighted by Crippen LogP contribution is -2.57. The molecule has 7 heteroatoms. The minimum atomic E-state index is -0.856. The van der Waals surface area contributed by atoms with Gasteiger partial charge in [-0.25, -0.2) is 4.79 Å². The van der Waals surface area contributed by atoms with Gasteiger partial charge in [-0.2, -0.15) is 0 Å². The monoisotopic (exact) mass is 398 g/mol. The summed E-state index contributed by atoms with van der Waals surface area (Å²) in [5.74, 6) is -0.126. The topological polar surface area (TPSA) is 73.0 Å². The van der Waals surface area contributed by atoms with Crippen LogP contribution >= 0.6 is 0 Å². The second-order valence-electron chi connectivity index (χ2n) is 8.73. The Balaban J connectivity index is 1.43. The van der Waals surface area contributed by atoms with E-state index in [9.17, 15) is 14.4 Å². The lowest BCUT2D eigenvalue weighted by molar-refractivity contribution is -0.135. The molecule has 29 heavy (non-hydrogen) atoms. The summed E-state index contributed by atoms with van der Waals surface area (Å²) >= 11 is 0. The van der Waals surface area contributed by atoms with Gasteiger partial charge in [-0.05, 0) is 58.2 Å². The maximum absolute atomic E-state index is 13.3. The summed E-state index contributed by atoms with van der Waals surface area (Å²) in [6, 6.07) is 9.26. The maximum Gasteiger partial charge on any atom is 0.325 e. The predicted molar refractivity (Wildman–Crippen MR) is 109 cm³/mol. The average molecular weight is 399 g/mol. The van der Waals surface area contributed by atoms with Crippen molar-refractivity contribution in [2.75, 3.05) is 26.2 Å². The third-order valence-corrected chi connectivity index (χ3v) is 6.64. The molecule has 1 spiro atoms. The summed E-state index contributed by atoms with van der Waals surface area (Å²) in [4.78, 5) is 44.4. The van der Waals surface area contributed by atoms with Gasteiger partial charge in [-0.3, -0.25) is 19.4 Å². The highest BCUT2D eigenvalue weighted by Gasteiger charge is 2.54. The number of piperidine rings is 2. The van der Waals surface area contributed by atoms with E-state index >= 15 is 0 Å². The molecule has 3 saturated heterocycles. The summed E-state index contributed by atoms with van der Waals surface area (Å²) in [6.45, 7) is 6.99. The SMILES string of the molecule is CC(C)N1CCCC(N2C(=O)NC3(CCN(C(=O)c4ccccc4)CC3)C2=O)C1. The van der Waals surface area contributed by atoms with Crippen LogP contribution in [0.3, 0.4) is 0 Å². The van der Waals surface area contributed by atoms with E-state index in [0.29, 0.717) is 37.5 Å². The first-order valence-corrected chi connectivity index (χ1v) is 10.7. The van der Waals surface area contributed by atoms with Gasteiger partial charge in [0.15, 0.2) is 0 Å². The van der Waals surface area contributed by atoms with Crippen molar-refractivity contribution in [3.63, 3.8) is 0 Å². The van der Waals surface area contributed by atoms with Crippen molar-refractivity contribution in [2.45, 2.75) is 57.2 Å². The molecule has 0 radical (unpaired) electrons. The number of carbonyl (C=O) groups is 3. The molecular formula is C22H30N4O3. The van der Waals surface area contributed by atoms with Crippen LogP contribution in [0.25, 0.3) is 0 Å². The largest absolute Gasteiger partial charge is 0.338 e. The van der Waals surface area contributed by atoms with Crippen molar-refractivity contribution in [3.05, 3.63) is 35.9 Å². The Morgan fingerprint density at radius 1 is 1.10 bits per heavy atom. The third kappa shape index (κ3) is 3.64. The minimum Gasteiger partial charge on any atom is -0.338 e. The number of nitrogens with zero attached hydrogens (tertiary/aromatic N) is 3. The van der Waals surface area contributed by atoms with E-state index in [0.717, 1.165) is 25.9 Å². The molecule has 3 heterocycles. The highest BCUT2D eigenvalue weighted by molar-refractivity contribution is 6.07. The molecule has 0 bridgehead atoms. The molecule has 3 aliphatic heterocycles. The fourth-order valence-corrected chi connectivity index (χ4v) is 4.83. The number of imide groups is 1. The van der Waals surface area contributed by atoms with Crippen LogP contribution in [-0.4, -0.2) is 76.3 Å². The van der Waals surface area contributed by atoms with Crippen LogP contribution in [0.1, 0.15) is 49.9 Å². The van der Waals surface area contributed by atoms with Gasteiger partial charge in [-0.1, -0.05) is 18.2 Å². The van der Waals surface area contributed by atoms with Crippen molar-refractivity contribution in [1.29, 1.82) is 0 Å². The summed E-state index contributed by atoms with van der Waals surface area (Å²) in [5.41, 5.74) is -0.201. The number of rotatable bonds is 3. The summed E-state index contributed by atoms with van der Waals surface area (Å²) < 4.78 is 0. The molecule has 156 valence electrons. The Bertz CT molecular complexity index is 787. The predicted octanol–water partition coefficient (Wildman–Crippen LogP) is 2.09. The average Bonchev–Trinajstić information content (AvgIpc) is 2.98. The van der Waals surface area contributed by atoms with E-state index in [1.807, 2.05) is 18.2 Å². The smallest absolute Gasteiger partial charge is 0.325 e. The lowest BCUT2D eigenvalue weighted by Gasteiger charge is -2.40.